The zero-order valence-corrected chi connectivity index (χ0v) is 17.2. The molecule has 2 heterocycles. The maximum Gasteiger partial charge on any atom is 0.255 e. The molecule has 158 valence electrons. The topological polar surface area (TPSA) is 91.0 Å². The fraction of sp³-hybridized carbons (Fsp3) is 0.571. The molecule has 3 amide bonds. The molecule has 0 saturated carbocycles. The molecule has 0 aliphatic carbocycles. The minimum Gasteiger partial charge on any atom is -0.380 e. The molecule has 0 spiro atoms. The van der Waals surface area contributed by atoms with Gasteiger partial charge in [0.1, 0.15) is 6.04 Å². The van der Waals surface area contributed by atoms with Gasteiger partial charge in [-0.2, -0.15) is 0 Å². The molecule has 0 aromatic heterocycles. The highest BCUT2D eigenvalue weighted by atomic mass is 16.5. The molecular formula is C21H30N4O4. The average molecular weight is 402 g/mol. The molecule has 2 N–H and O–H groups in total. The first-order chi connectivity index (χ1) is 14.0. The van der Waals surface area contributed by atoms with Gasteiger partial charge in [-0.05, 0) is 50.7 Å². The van der Waals surface area contributed by atoms with Crippen molar-refractivity contribution in [3.05, 3.63) is 34.9 Å². The number of hydrogen-bond acceptors (Lipinski definition) is 6. The minimum atomic E-state index is -0.579. The Kier molecular flexibility index (Phi) is 7.35. The van der Waals surface area contributed by atoms with E-state index in [2.05, 4.69) is 15.5 Å². The van der Waals surface area contributed by atoms with Crippen molar-refractivity contribution in [3.8, 4) is 0 Å². The van der Waals surface area contributed by atoms with E-state index < -0.39 is 6.04 Å². The van der Waals surface area contributed by atoms with Gasteiger partial charge in [0.05, 0.1) is 6.61 Å². The lowest BCUT2D eigenvalue weighted by Gasteiger charge is -2.29. The SMILES string of the molecule is CNCCCOCCN(C)Cc1cccc2c1CN(C1CCC(=O)NC1=O)C2=O. The van der Waals surface area contributed by atoms with Gasteiger partial charge in [-0.1, -0.05) is 12.1 Å². The van der Waals surface area contributed by atoms with Gasteiger partial charge in [0.15, 0.2) is 0 Å². The Morgan fingerprint density at radius 2 is 2.10 bits per heavy atom. The number of piperidine rings is 1. The van der Waals surface area contributed by atoms with Crippen LogP contribution in [0.1, 0.15) is 40.7 Å². The maximum atomic E-state index is 12.9. The molecule has 1 unspecified atom stereocenters. The lowest BCUT2D eigenvalue weighted by molar-refractivity contribution is -0.136. The molecule has 3 rings (SSSR count). The molecule has 1 saturated heterocycles. The average Bonchev–Trinajstić information content (AvgIpc) is 3.02. The van der Waals surface area contributed by atoms with Crippen molar-refractivity contribution < 1.29 is 19.1 Å². The van der Waals surface area contributed by atoms with Crippen LogP contribution in [0.2, 0.25) is 0 Å². The largest absolute Gasteiger partial charge is 0.380 e. The normalized spacial score (nSPS) is 19.1. The first-order valence-electron chi connectivity index (χ1n) is 10.2. The number of imide groups is 1. The van der Waals surface area contributed by atoms with Gasteiger partial charge in [-0.3, -0.25) is 24.6 Å². The molecule has 0 bridgehead atoms. The van der Waals surface area contributed by atoms with E-state index in [1.54, 1.807) is 4.90 Å². The Balaban J connectivity index is 1.59. The Bertz CT molecular complexity index is 767. The number of nitrogens with zero attached hydrogens (tertiary/aromatic N) is 2. The van der Waals surface area contributed by atoms with Gasteiger partial charge in [-0.25, -0.2) is 0 Å². The van der Waals surface area contributed by atoms with E-state index in [1.807, 2.05) is 32.3 Å². The van der Waals surface area contributed by atoms with Crippen molar-refractivity contribution >= 4 is 17.7 Å². The number of benzene rings is 1. The van der Waals surface area contributed by atoms with E-state index in [0.29, 0.717) is 31.7 Å². The van der Waals surface area contributed by atoms with Crippen LogP contribution >= 0.6 is 0 Å². The zero-order valence-electron chi connectivity index (χ0n) is 17.2. The van der Waals surface area contributed by atoms with E-state index in [9.17, 15) is 14.4 Å². The summed E-state index contributed by atoms with van der Waals surface area (Å²) in [6.45, 7) is 4.27. The first kappa shape index (κ1) is 21.4. The molecule has 1 atom stereocenters. The summed E-state index contributed by atoms with van der Waals surface area (Å²) < 4.78 is 5.65. The summed E-state index contributed by atoms with van der Waals surface area (Å²) in [7, 11) is 3.96. The second-order valence-corrected chi connectivity index (χ2v) is 7.65. The van der Waals surface area contributed by atoms with E-state index in [4.69, 9.17) is 4.74 Å². The molecule has 1 aromatic rings. The van der Waals surface area contributed by atoms with E-state index in [0.717, 1.165) is 37.2 Å². The van der Waals surface area contributed by atoms with Crippen molar-refractivity contribution in [1.29, 1.82) is 0 Å². The second-order valence-electron chi connectivity index (χ2n) is 7.65. The van der Waals surface area contributed by atoms with Crippen molar-refractivity contribution in [2.75, 3.05) is 40.4 Å². The number of fused-ring (bicyclic) bond motifs is 1. The first-order valence-corrected chi connectivity index (χ1v) is 10.2. The maximum absolute atomic E-state index is 12.9. The van der Waals surface area contributed by atoms with Gasteiger partial charge in [-0.15, -0.1) is 0 Å². The quantitative estimate of drug-likeness (QED) is 0.438. The summed E-state index contributed by atoms with van der Waals surface area (Å²) in [5.74, 6) is -0.783. The molecule has 29 heavy (non-hydrogen) atoms. The molecule has 2 aliphatic rings. The van der Waals surface area contributed by atoms with Crippen LogP contribution in [0.3, 0.4) is 0 Å². The number of amides is 3. The monoisotopic (exact) mass is 402 g/mol. The number of hydrogen-bond donors (Lipinski definition) is 2. The van der Waals surface area contributed by atoms with Gasteiger partial charge in [0.25, 0.3) is 5.91 Å². The standard InChI is InChI=1S/C21H30N4O4/c1-22-9-4-11-29-12-10-24(2)13-15-5-3-6-16-17(15)14-25(21(16)28)18-7-8-19(26)23-20(18)27/h3,5-6,18,22H,4,7-14H2,1-2H3,(H,23,26,27). The van der Waals surface area contributed by atoms with Gasteiger partial charge < -0.3 is 15.0 Å². The summed E-state index contributed by atoms with van der Waals surface area (Å²) in [6.07, 6.45) is 1.63. The highest BCUT2D eigenvalue weighted by Gasteiger charge is 2.39. The summed E-state index contributed by atoms with van der Waals surface area (Å²) in [5, 5.41) is 5.44. The van der Waals surface area contributed by atoms with Gasteiger partial charge in [0, 0.05) is 38.2 Å². The number of nitrogens with one attached hydrogen (secondary N) is 2. The smallest absolute Gasteiger partial charge is 0.255 e. The van der Waals surface area contributed by atoms with Gasteiger partial charge in [0.2, 0.25) is 11.8 Å². The number of ether oxygens (including phenoxy) is 1. The van der Waals surface area contributed by atoms with Crippen LogP contribution in [-0.4, -0.2) is 74.0 Å². The van der Waals surface area contributed by atoms with Crippen LogP contribution in [0.15, 0.2) is 18.2 Å². The van der Waals surface area contributed by atoms with Crippen LogP contribution in [-0.2, 0) is 27.4 Å². The molecule has 8 heteroatoms. The van der Waals surface area contributed by atoms with Crippen molar-refractivity contribution in [2.45, 2.75) is 38.4 Å². The third-order valence-corrected chi connectivity index (χ3v) is 5.45. The lowest BCUT2D eigenvalue weighted by atomic mass is 10.0. The van der Waals surface area contributed by atoms with Crippen LogP contribution in [0.4, 0.5) is 0 Å². The Morgan fingerprint density at radius 1 is 1.28 bits per heavy atom. The summed E-state index contributed by atoms with van der Waals surface area (Å²) in [4.78, 5) is 40.3. The number of carbonyl (C=O) groups is 3. The molecular weight excluding hydrogens is 372 g/mol. The summed E-state index contributed by atoms with van der Waals surface area (Å²) in [6, 6.07) is 5.16. The van der Waals surface area contributed by atoms with E-state index in [1.165, 1.54) is 0 Å². The minimum absolute atomic E-state index is 0.133. The summed E-state index contributed by atoms with van der Waals surface area (Å²) >= 11 is 0. The number of carbonyl (C=O) groups excluding carboxylic acids is 3. The zero-order chi connectivity index (χ0) is 20.8. The molecule has 2 aliphatic heterocycles. The van der Waals surface area contributed by atoms with Crippen molar-refractivity contribution in [3.63, 3.8) is 0 Å². The van der Waals surface area contributed by atoms with Crippen LogP contribution < -0.4 is 10.6 Å². The molecule has 1 fully saturated rings. The highest BCUT2D eigenvalue weighted by molar-refractivity contribution is 6.05. The Hall–Kier alpha value is -2.29. The number of likely N-dealkylation sites (N-methyl/N-ethyl adjacent to an activating group) is 1. The van der Waals surface area contributed by atoms with Crippen LogP contribution in [0.5, 0.6) is 0 Å². The molecule has 0 radical (unpaired) electrons. The fourth-order valence-corrected chi connectivity index (χ4v) is 3.84. The van der Waals surface area contributed by atoms with Crippen LogP contribution in [0.25, 0.3) is 0 Å². The number of rotatable bonds is 10. The third kappa shape index (κ3) is 5.20. The molecule has 1 aromatic carbocycles. The predicted molar refractivity (Wildman–Crippen MR) is 108 cm³/mol. The van der Waals surface area contributed by atoms with Crippen molar-refractivity contribution in [2.24, 2.45) is 0 Å². The Morgan fingerprint density at radius 3 is 2.86 bits per heavy atom. The van der Waals surface area contributed by atoms with Crippen molar-refractivity contribution in [1.82, 2.24) is 20.4 Å². The third-order valence-electron chi connectivity index (χ3n) is 5.45. The lowest BCUT2D eigenvalue weighted by Crippen LogP contribution is -2.52. The summed E-state index contributed by atoms with van der Waals surface area (Å²) in [5.41, 5.74) is 2.72. The van der Waals surface area contributed by atoms with Crippen LogP contribution in [0, 0.1) is 0 Å². The second kappa shape index (κ2) is 9.96. The van der Waals surface area contributed by atoms with Gasteiger partial charge >= 0.3 is 0 Å². The Labute approximate surface area is 171 Å². The highest BCUT2D eigenvalue weighted by Crippen LogP contribution is 2.30. The predicted octanol–water partition coefficient (Wildman–Crippen LogP) is 0.506. The van der Waals surface area contributed by atoms with E-state index >= 15 is 0 Å². The fourth-order valence-electron chi connectivity index (χ4n) is 3.84. The molecule has 8 nitrogen and oxygen atoms in total. The van der Waals surface area contributed by atoms with E-state index in [-0.39, 0.29) is 24.1 Å².